The zero-order chi connectivity index (χ0) is 12.3. The minimum Gasteiger partial charge on any atom is -0.356 e. The summed E-state index contributed by atoms with van der Waals surface area (Å²) in [6.45, 7) is 2.63. The van der Waals surface area contributed by atoms with E-state index in [1.54, 1.807) is 6.20 Å². The number of rotatable bonds is 2. The molecule has 2 rings (SSSR count). The van der Waals surface area contributed by atoms with Crippen molar-refractivity contribution in [1.82, 2.24) is 4.98 Å². The van der Waals surface area contributed by atoms with Crippen molar-refractivity contribution in [3.63, 3.8) is 0 Å². The summed E-state index contributed by atoms with van der Waals surface area (Å²) < 4.78 is 0.842. The van der Waals surface area contributed by atoms with Crippen molar-refractivity contribution in [2.45, 2.75) is 12.8 Å². The van der Waals surface area contributed by atoms with Crippen LogP contribution in [0.1, 0.15) is 18.4 Å². The van der Waals surface area contributed by atoms with E-state index < -0.39 is 0 Å². The maximum atomic E-state index is 9.11. The van der Waals surface area contributed by atoms with Crippen molar-refractivity contribution < 1.29 is 0 Å². The van der Waals surface area contributed by atoms with Crippen LogP contribution >= 0.6 is 15.9 Å². The highest BCUT2D eigenvalue weighted by atomic mass is 79.9. The fraction of sp³-hybridized carbons (Fsp3) is 0.500. The van der Waals surface area contributed by atoms with Gasteiger partial charge in [-0.1, -0.05) is 0 Å². The van der Waals surface area contributed by atoms with Crippen molar-refractivity contribution >= 4 is 21.7 Å². The van der Waals surface area contributed by atoms with Crippen LogP contribution in [0.2, 0.25) is 0 Å². The molecule has 1 aliphatic rings. The van der Waals surface area contributed by atoms with E-state index in [9.17, 15) is 0 Å². The molecule has 1 aromatic rings. The first-order chi connectivity index (χ1) is 8.24. The van der Waals surface area contributed by atoms with E-state index in [0.717, 1.165) is 42.8 Å². The van der Waals surface area contributed by atoms with Crippen LogP contribution in [0.4, 0.5) is 5.82 Å². The minimum atomic E-state index is 0.618. The monoisotopic (exact) mass is 294 g/mol. The van der Waals surface area contributed by atoms with Crippen molar-refractivity contribution in [1.29, 1.82) is 5.26 Å². The number of nitrogens with two attached hydrogens (primary N) is 1. The molecule has 1 aliphatic heterocycles. The van der Waals surface area contributed by atoms with E-state index in [1.807, 2.05) is 6.07 Å². The van der Waals surface area contributed by atoms with Crippen LogP contribution in [0.15, 0.2) is 16.7 Å². The SMILES string of the molecule is N#Cc1cc(Br)cnc1N1CCC(CN)CC1. The molecule has 0 bridgehead atoms. The van der Waals surface area contributed by atoms with E-state index in [0.29, 0.717) is 11.5 Å². The topological polar surface area (TPSA) is 65.9 Å². The first-order valence-electron chi connectivity index (χ1n) is 5.75. The zero-order valence-corrected chi connectivity index (χ0v) is 11.2. The van der Waals surface area contributed by atoms with Crippen LogP contribution in [0.5, 0.6) is 0 Å². The Kier molecular flexibility index (Phi) is 3.97. The Labute approximate surface area is 110 Å². The van der Waals surface area contributed by atoms with Gasteiger partial charge in [0.1, 0.15) is 11.9 Å². The molecule has 90 valence electrons. The Morgan fingerprint density at radius 1 is 1.53 bits per heavy atom. The molecule has 0 radical (unpaired) electrons. The van der Waals surface area contributed by atoms with Gasteiger partial charge in [-0.25, -0.2) is 4.98 Å². The lowest BCUT2D eigenvalue weighted by atomic mass is 9.97. The third-order valence-electron chi connectivity index (χ3n) is 3.20. The van der Waals surface area contributed by atoms with Crippen LogP contribution in [0.25, 0.3) is 0 Å². The lowest BCUT2D eigenvalue weighted by Crippen LogP contribution is -2.36. The average Bonchev–Trinajstić information content (AvgIpc) is 2.39. The molecular formula is C12H15BrN4. The standard InChI is InChI=1S/C12H15BrN4/c13-11-5-10(7-15)12(16-8-11)17-3-1-9(6-14)2-4-17/h5,8-9H,1-4,6,14H2. The molecule has 2 N–H and O–H groups in total. The largest absolute Gasteiger partial charge is 0.356 e. The van der Waals surface area contributed by atoms with Gasteiger partial charge in [0.15, 0.2) is 0 Å². The number of hydrogen-bond donors (Lipinski definition) is 1. The molecule has 5 heteroatoms. The van der Waals surface area contributed by atoms with Crippen molar-refractivity contribution in [3.8, 4) is 6.07 Å². The van der Waals surface area contributed by atoms with Gasteiger partial charge in [0.2, 0.25) is 0 Å². The Morgan fingerprint density at radius 3 is 2.82 bits per heavy atom. The van der Waals surface area contributed by atoms with Gasteiger partial charge >= 0.3 is 0 Å². The highest BCUT2D eigenvalue weighted by molar-refractivity contribution is 9.10. The predicted molar refractivity (Wildman–Crippen MR) is 70.6 cm³/mol. The van der Waals surface area contributed by atoms with Gasteiger partial charge in [0.25, 0.3) is 0 Å². The fourth-order valence-corrected chi connectivity index (χ4v) is 2.48. The lowest BCUT2D eigenvalue weighted by Gasteiger charge is -2.32. The van der Waals surface area contributed by atoms with Crippen LogP contribution < -0.4 is 10.6 Å². The molecule has 0 aromatic carbocycles. The van der Waals surface area contributed by atoms with E-state index in [4.69, 9.17) is 11.0 Å². The maximum absolute atomic E-state index is 9.11. The number of hydrogen-bond acceptors (Lipinski definition) is 4. The molecule has 1 aromatic heterocycles. The summed E-state index contributed by atoms with van der Waals surface area (Å²) in [5, 5.41) is 9.11. The minimum absolute atomic E-state index is 0.618. The van der Waals surface area contributed by atoms with Crippen molar-refractivity contribution in [2.75, 3.05) is 24.5 Å². The van der Waals surface area contributed by atoms with Crippen LogP contribution in [-0.2, 0) is 0 Å². The molecule has 0 amide bonds. The summed E-state index contributed by atoms with van der Waals surface area (Å²) >= 11 is 3.33. The molecule has 4 nitrogen and oxygen atoms in total. The normalized spacial score (nSPS) is 16.9. The molecule has 17 heavy (non-hydrogen) atoms. The number of anilines is 1. The Morgan fingerprint density at radius 2 is 2.24 bits per heavy atom. The Bertz CT molecular complexity index is 433. The van der Waals surface area contributed by atoms with E-state index in [1.165, 1.54) is 0 Å². The summed E-state index contributed by atoms with van der Waals surface area (Å²) in [6.07, 6.45) is 3.91. The number of pyridine rings is 1. The highest BCUT2D eigenvalue weighted by Crippen LogP contribution is 2.25. The van der Waals surface area contributed by atoms with Gasteiger partial charge in [-0.2, -0.15) is 5.26 Å². The molecule has 0 aliphatic carbocycles. The number of nitriles is 1. The Hall–Kier alpha value is -1.12. The first-order valence-corrected chi connectivity index (χ1v) is 6.54. The molecular weight excluding hydrogens is 280 g/mol. The van der Waals surface area contributed by atoms with Crippen molar-refractivity contribution in [3.05, 3.63) is 22.3 Å². The van der Waals surface area contributed by atoms with Crippen LogP contribution in [0, 0.1) is 17.2 Å². The van der Waals surface area contributed by atoms with Gasteiger partial charge < -0.3 is 10.6 Å². The number of nitrogens with zero attached hydrogens (tertiary/aromatic N) is 3. The lowest BCUT2D eigenvalue weighted by molar-refractivity contribution is 0.413. The summed E-state index contributed by atoms with van der Waals surface area (Å²) in [5.41, 5.74) is 6.30. The molecule has 0 saturated carbocycles. The Balaban J connectivity index is 2.16. The predicted octanol–water partition coefficient (Wildman–Crippen LogP) is 1.89. The van der Waals surface area contributed by atoms with Gasteiger partial charge in [0, 0.05) is 23.8 Å². The van der Waals surface area contributed by atoms with Crippen LogP contribution in [-0.4, -0.2) is 24.6 Å². The van der Waals surface area contributed by atoms with Gasteiger partial charge in [-0.05, 0) is 47.3 Å². The van der Waals surface area contributed by atoms with Gasteiger partial charge in [0.05, 0.1) is 5.56 Å². The molecule has 0 spiro atoms. The zero-order valence-electron chi connectivity index (χ0n) is 9.56. The quantitative estimate of drug-likeness (QED) is 0.905. The van der Waals surface area contributed by atoms with E-state index in [-0.39, 0.29) is 0 Å². The summed E-state index contributed by atoms with van der Waals surface area (Å²) in [5.74, 6) is 1.42. The number of piperidine rings is 1. The smallest absolute Gasteiger partial charge is 0.146 e. The molecule has 0 unspecified atom stereocenters. The van der Waals surface area contributed by atoms with Crippen LogP contribution in [0.3, 0.4) is 0 Å². The third-order valence-corrected chi connectivity index (χ3v) is 3.63. The summed E-state index contributed by atoms with van der Waals surface area (Å²) in [6, 6.07) is 4.02. The number of aromatic nitrogens is 1. The second-order valence-corrected chi connectivity index (χ2v) is 5.22. The van der Waals surface area contributed by atoms with Gasteiger partial charge in [-0.3, -0.25) is 0 Å². The second kappa shape index (κ2) is 5.48. The molecule has 2 heterocycles. The summed E-state index contributed by atoms with van der Waals surface area (Å²) in [4.78, 5) is 6.53. The molecule has 0 atom stereocenters. The van der Waals surface area contributed by atoms with E-state index in [2.05, 4.69) is 31.9 Å². The molecule has 1 fully saturated rings. The number of halogens is 1. The molecule has 1 saturated heterocycles. The maximum Gasteiger partial charge on any atom is 0.146 e. The average molecular weight is 295 g/mol. The fourth-order valence-electron chi connectivity index (χ4n) is 2.15. The first kappa shape index (κ1) is 12.3. The van der Waals surface area contributed by atoms with Gasteiger partial charge in [-0.15, -0.1) is 0 Å². The third kappa shape index (κ3) is 2.76. The van der Waals surface area contributed by atoms with E-state index >= 15 is 0 Å². The van der Waals surface area contributed by atoms with Crippen molar-refractivity contribution in [2.24, 2.45) is 11.7 Å². The summed E-state index contributed by atoms with van der Waals surface area (Å²) in [7, 11) is 0. The second-order valence-electron chi connectivity index (χ2n) is 4.30. The highest BCUT2D eigenvalue weighted by Gasteiger charge is 2.21.